The van der Waals surface area contributed by atoms with Gasteiger partial charge >= 0.3 is 0 Å². The van der Waals surface area contributed by atoms with E-state index in [9.17, 15) is 13.6 Å². The van der Waals surface area contributed by atoms with Gasteiger partial charge < -0.3 is 5.32 Å². The summed E-state index contributed by atoms with van der Waals surface area (Å²) in [5, 5.41) is 2.75. The van der Waals surface area contributed by atoms with Crippen LogP contribution in [-0.2, 0) is 11.2 Å². The van der Waals surface area contributed by atoms with Crippen molar-refractivity contribution in [2.75, 3.05) is 5.32 Å². The van der Waals surface area contributed by atoms with Gasteiger partial charge in [-0.3, -0.25) is 4.79 Å². The number of rotatable bonds is 3. The fraction of sp³-hybridized carbons (Fsp3) is 0.188. The predicted octanol–water partition coefficient (Wildman–Crippen LogP) is 4.53. The first-order valence-corrected chi connectivity index (χ1v) is 7.17. The molecule has 1 amide bonds. The van der Waals surface area contributed by atoms with Crippen molar-refractivity contribution in [3.63, 3.8) is 0 Å². The molecule has 0 spiro atoms. The number of hydrogen-bond acceptors (Lipinski definition) is 1. The van der Waals surface area contributed by atoms with Crippen LogP contribution in [0.5, 0.6) is 0 Å². The van der Waals surface area contributed by atoms with E-state index in [0.29, 0.717) is 5.69 Å². The SMILES string of the molecule is Cc1cc(Br)cc(C)c1NC(=O)Cc1cccc(F)c1F. The number of aryl methyl sites for hydroxylation is 2. The Morgan fingerprint density at radius 1 is 1.19 bits per heavy atom. The lowest BCUT2D eigenvalue weighted by Gasteiger charge is -2.12. The first-order chi connectivity index (χ1) is 9.88. The maximum Gasteiger partial charge on any atom is 0.228 e. The molecule has 2 aromatic rings. The zero-order chi connectivity index (χ0) is 15.6. The summed E-state index contributed by atoms with van der Waals surface area (Å²) in [6, 6.07) is 7.58. The van der Waals surface area contributed by atoms with E-state index in [1.165, 1.54) is 12.1 Å². The Labute approximate surface area is 130 Å². The highest BCUT2D eigenvalue weighted by Crippen LogP contribution is 2.25. The summed E-state index contributed by atoms with van der Waals surface area (Å²) in [5.74, 6) is -2.30. The summed E-state index contributed by atoms with van der Waals surface area (Å²) in [7, 11) is 0. The summed E-state index contributed by atoms with van der Waals surface area (Å²) in [6.07, 6.45) is -0.210. The van der Waals surface area contributed by atoms with Crippen LogP contribution in [0.3, 0.4) is 0 Å². The van der Waals surface area contributed by atoms with Gasteiger partial charge in [0.15, 0.2) is 11.6 Å². The van der Waals surface area contributed by atoms with Crippen LogP contribution in [0.25, 0.3) is 0 Å². The zero-order valence-electron chi connectivity index (χ0n) is 11.6. The Hall–Kier alpha value is -1.75. The number of benzene rings is 2. The first-order valence-electron chi connectivity index (χ1n) is 6.38. The molecule has 0 fully saturated rings. The molecule has 0 heterocycles. The van der Waals surface area contributed by atoms with Crippen molar-refractivity contribution >= 4 is 27.5 Å². The lowest BCUT2D eigenvalue weighted by Crippen LogP contribution is -2.17. The average Bonchev–Trinajstić information content (AvgIpc) is 2.39. The van der Waals surface area contributed by atoms with Crippen molar-refractivity contribution < 1.29 is 13.6 Å². The average molecular weight is 354 g/mol. The maximum atomic E-state index is 13.6. The molecule has 0 atom stereocenters. The number of carbonyl (C=O) groups excluding carboxylic acids is 1. The van der Waals surface area contributed by atoms with E-state index in [1.807, 2.05) is 26.0 Å². The third-order valence-corrected chi connectivity index (χ3v) is 3.60. The van der Waals surface area contributed by atoms with Crippen molar-refractivity contribution in [3.05, 3.63) is 63.1 Å². The van der Waals surface area contributed by atoms with Gasteiger partial charge in [0.05, 0.1) is 6.42 Å². The number of nitrogens with one attached hydrogen (secondary N) is 1. The van der Waals surface area contributed by atoms with Gasteiger partial charge in [-0.25, -0.2) is 8.78 Å². The van der Waals surface area contributed by atoms with Crippen molar-refractivity contribution in [2.24, 2.45) is 0 Å². The van der Waals surface area contributed by atoms with E-state index in [0.717, 1.165) is 21.7 Å². The summed E-state index contributed by atoms with van der Waals surface area (Å²) in [5.41, 5.74) is 2.53. The lowest BCUT2D eigenvalue weighted by atomic mass is 10.1. The van der Waals surface area contributed by atoms with Crippen LogP contribution in [0.4, 0.5) is 14.5 Å². The second kappa shape index (κ2) is 6.35. The monoisotopic (exact) mass is 353 g/mol. The first kappa shape index (κ1) is 15.6. The fourth-order valence-corrected chi connectivity index (χ4v) is 2.84. The van der Waals surface area contributed by atoms with E-state index in [4.69, 9.17) is 0 Å². The van der Waals surface area contributed by atoms with Gasteiger partial charge in [-0.1, -0.05) is 28.1 Å². The van der Waals surface area contributed by atoms with Crippen LogP contribution >= 0.6 is 15.9 Å². The maximum absolute atomic E-state index is 13.6. The highest BCUT2D eigenvalue weighted by Gasteiger charge is 2.13. The summed E-state index contributed by atoms with van der Waals surface area (Å²) < 4.78 is 27.6. The van der Waals surface area contributed by atoms with Gasteiger partial charge in [-0.15, -0.1) is 0 Å². The molecule has 0 aromatic heterocycles. The smallest absolute Gasteiger partial charge is 0.228 e. The van der Waals surface area contributed by atoms with Crippen molar-refractivity contribution in [1.82, 2.24) is 0 Å². The third kappa shape index (κ3) is 3.67. The molecule has 0 aliphatic carbocycles. The Bertz CT molecular complexity index is 678. The standard InChI is InChI=1S/C16H14BrF2NO/c1-9-6-12(17)7-10(2)16(9)20-14(21)8-11-4-3-5-13(18)15(11)19/h3-7H,8H2,1-2H3,(H,20,21). The van der Waals surface area contributed by atoms with Crippen LogP contribution in [-0.4, -0.2) is 5.91 Å². The molecule has 2 aromatic carbocycles. The van der Waals surface area contributed by atoms with E-state index in [-0.39, 0.29) is 17.9 Å². The van der Waals surface area contributed by atoms with Gasteiger partial charge in [0.25, 0.3) is 0 Å². The number of anilines is 1. The number of carbonyl (C=O) groups is 1. The zero-order valence-corrected chi connectivity index (χ0v) is 13.2. The normalized spacial score (nSPS) is 10.5. The largest absolute Gasteiger partial charge is 0.325 e. The van der Waals surface area contributed by atoms with E-state index in [2.05, 4.69) is 21.2 Å². The fourth-order valence-electron chi connectivity index (χ4n) is 2.15. The minimum Gasteiger partial charge on any atom is -0.325 e. The van der Waals surface area contributed by atoms with Crippen molar-refractivity contribution in [1.29, 1.82) is 0 Å². The molecule has 1 N–H and O–H groups in total. The molecule has 0 saturated carbocycles. The summed E-state index contributed by atoms with van der Waals surface area (Å²) >= 11 is 3.38. The lowest BCUT2D eigenvalue weighted by molar-refractivity contribution is -0.115. The van der Waals surface area contributed by atoms with Gasteiger partial charge in [-0.05, 0) is 43.2 Å². The van der Waals surface area contributed by atoms with Gasteiger partial charge in [0.1, 0.15) is 0 Å². The van der Waals surface area contributed by atoms with Crippen LogP contribution in [0.15, 0.2) is 34.8 Å². The van der Waals surface area contributed by atoms with Gasteiger partial charge in [0.2, 0.25) is 5.91 Å². The van der Waals surface area contributed by atoms with E-state index >= 15 is 0 Å². The number of hydrogen-bond donors (Lipinski definition) is 1. The quantitative estimate of drug-likeness (QED) is 0.863. The summed E-state index contributed by atoms with van der Waals surface area (Å²) in [4.78, 5) is 12.0. The van der Waals surface area contributed by atoms with Crippen LogP contribution in [0, 0.1) is 25.5 Å². The number of amides is 1. The Balaban J connectivity index is 2.18. The van der Waals surface area contributed by atoms with Gasteiger partial charge in [-0.2, -0.15) is 0 Å². The van der Waals surface area contributed by atoms with Crippen LogP contribution in [0.2, 0.25) is 0 Å². The second-order valence-electron chi connectivity index (χ2n) is 4.85. The molecule has 0 radical (unpaired) electrons. The van der Waals surface area contributed by atoms with E-state index < -0.39 is 11.6 Å². The number of halogens is 3. The van der Waals surface area contributed by atoms with Crippen LogP contribution < -0.4 is 5.32 Å². The topological polar surface area (TPSA) is 29.1 Å². The molecule has 0 unspecified atom stereocenters. The molecule has 0 aliphatic rings. The Morgan fingerprint density at radius 2 is 1.81 bits per heavy atom. The molecular weight excluding hydrogens is 340 g/mol. The molecule has 2 nitrogen and oxygen atoms in total. The molecule has 0 bridgehead atoms. The minimum atomic E-state index is -0.975. The summed E-state index contributed by atoms with van der Waals surface area (Å²) in [6.45, 7) is 3.74. The minimum absolute atomic E-state index is 0.0416. The Morgan fingerprint density at radius 3 is 2.43 bits per heavy atom. The van der Waals surface area contributed by atoms with E-state index in [1.54, 1.807) is 0 Å². The second-order valence-corrected chi connectivity index (χ2v) is 5.77. The van der Waals surface area contributed by atoms with Gasteiger partial charge in [0, 0.05) is 15.7 Å². The predicted molar refractivity (Wildman–Crippen MR) is 82.3 cm³/mol. The third-order valence-electron chi connectivity index (χ3n) is 3.14. The molecule has 5 heteroatoms. The van der Waals surface area contributed by atoms with Crippen molar-refractivity contribution in [2.45, 2.75) is 20.3 Å². The van der Waals surface area contributed by atoms with Crippen LogP contribution in [0.1, 0.15) is 16.7 Å². The molecule has 21 heavy (non-hydrogen) atoms. The highest BCUT2D eigenvalue weighted by atomic mass is 79.9. The highest BCUT2D eigenvalue weighted by molar-refractivity contribution is 9.10. The molecule has 0 aliphatic heterocycles. The Kier molecular flexibility index (Phi) is 4.73. The molecule has 0 saturated heterocycles. The molecular formula is C16H14BrF2NO. The molecule has 110 valence electrons. The van der Waals surface area contributed by atoms with Crippen molar-refractivity contribution in [3.8, 4) is 0 Å². The molecule has 2 rings (SSSR count).